The first-order valence-electron chi connectivity index (χ1n) is 3.24. The fourth-order valence-corrected chi connectivity index (χ4v) is 1.06. The molecule has 0 saturated heterocycles. The fourth-order valence-electron chi connectivity index (χ4n) is 0.842. The van der Waals surface area contributed by atoms with Gasteiger partial charge in [0.05, 0.1) is 0 Å². The minimum absolute atomic E-state index is 0.289. The van der Waals surface area contributed by atoms with E-state index in [4.69, 9.17) is 11.6 Å². The van der Waals surface area contributed by atoms with Crippen LogP contribution in [-0.4, -0.2) is 7.05 Å². The lowest BCUT2D eigenvalue weighted by molar-refractivity contribution is 0.614. The number of rotatable bonds is 2. The van der Waals surface area contributed by atoms with Crippen LogP contribution in [-0.2, 0) is 6.54 Å². The van der Waals surface area contributed by atoms with E-state index in [1.165, 1.54) is 6.07 Å². The van der Waals surface area contributed by atoms with E-state index < -0.39 is 0 Å². The Morgan fingerprint density at radius 3 is 2.82 bits per heavy atom. The molecule has 0 amide bonds. The molecule has 0 saturated carbocycles. The second kappa shape index (κ2) is 3.69. The molecule has 0 bridgehead atoms. The van der Waals surface area contributed by atoms with Crippen molar-refractivity contribution in [2.45, 2.75) is 6.54 Å². The van der Waals surface area contributed by atoms with E-state index in [0.717, 1.165) is 0 Å². The van der Waals surface area contributed by atoms with Crippen LogP contribution in [0.3, 0.4) is 0 Å². The predicted molar refractivity (Wildman–Crippen MR) is 44.4 cm³/mol. The van der Waals surface area contributed by atoms with Gasteiger partial charge in [0.15, 0.2) is 0 Å². The first-order valence-corrected chi connectivity index (χ1v) is 3.62. The second-order valence-corrected chi connectivity index (χ2v) is 2.58. The highest BCUT2D eigenvalue weighted by Crippen LogP contribution is 2.20. The van der Waals surface area contributed by atoms with Crippen LogP contribution in [0, 0.1) is 5.82 Å². The lowest BCUT2D eigenvalue weighted by Crippen LogP contribution is -1.89. The van der Waals surface area contributed by atoms with Crippen molar-refractivity contribution in [3.63, 3.8) is 0 Å². The van der Waals surface area contributed by atoms with Crippen LogP contribution in [0.4, 0.5) is 4.39 Å². The quantitative estimate of drug-likeness (QED) is 0.651. The molecular weight excluding hydrogens is 165 g/mol. The summed E-state index contributed by atoms with van der Waals surface area (Å²) in [6.45, 7) is 0.339. The summed E-state index contributed by atoms with van der Waals surface area (Å²) in [7, 11) is 1.63. The van der Waals surface area contributed by atoms with Crippen LogP contribution in [0.2, 0.25) is 5.02 Å². The Kier molecular flexibility index (Phi) is 2.85. The minimum atomic E-state index is -0.289. The topological polar surface area (TPSA) is 14.1 Å². The van der Waals surface area contributed by atoms with Gasteiger partial charge in [-0.3, -0.25) is 0 Å². The molecule has 0 heterocycles. The number of nitrogens with zero attached hydrogens (tertiary/aromatic N) is 1. The normalized spacial score (nSPS) is 10.1. The zero-order chi connectivity index (χ0) is 8.27. The number of benzene rings is 1. The monoisotopic (exact) mass is 172 g/mol. The van der Waals surface area contributed by atoms with E-state index in [-0.39, 0.29) is 5.82 Å². The van der Waals surface area contributed by atoms with Crippen molar-refractivity contribution in [3.05, 3.63) is 39.9 Å². The molecule has 0 N–H and O–H groups in total. The second-order valence-electron chi connectivity index (χ2n) is 2.17. The molecule has 1 nitrogen and oxygen atoms in total. The summed E-state index contributed by atoms with van der Waals surface area (Å²) < 4.78 is 12.9. The molecule has 0 unspecified atom stereocenters. The lowest BCUT2D eigenvalue weighted by Gasteiger charge is -2.12. The third-order valence-electron chi connectivity index (χ3n) is 1.38. The Bertz CT molecular complexity index is 230. The summed E-state index contributed by atoms with van der Waals surface area (Å²) in [5.74, 6) is -0.289. The van der Waals surface area contributed by atoms with E-state index in [2.05, 4.69) is 5.32 Å². The van der Waals surface area contributed by atoms with Crippen LogP contribution < -0.4 is 0 Å². The van der Waals surface area contributed by atoms with E-state index >= 15 is 0 Å². The van der Waals surface area contributed by atoms with Gasteiger partial charge in [0.25, 0.3) is 0 Å². The van der Waals surface area contributed by atoms with Gasteiger partial charge in [0.1, 0.15) is 5.82 Å². The smallest absolute Gasteiger partial charge is 0.126 e. The lowest BCUT2D eigenvalue weighted by atomic mass is 10.2. The summed E-state index contributed by atoms with van der Waals surface area (Å²) in [6, 6.07) is 4.62. The van der Waals surface area contributed by atoms with Gasteiger partial charge in [0, 0.05) is 5.02 Å². The molecule has 0 atom stereocenters. The van der Waals surface area contributed by atoms with Gasteiger partial charge in [-0.15, -0.1) is 6.54 Å². The van der Waals surface area contributed by atoms with E-state index in [1.807, 2.05) is 0 Å². The average molecular weight is 173 g/mol. The molecule has 1 aromatic rings. The molecule has 0 aliphatic heterocycles. The summed E-state index contributed by atoms with van der Waals surface area (Å²) in [4.78, 5) is 0. The van der Waals surface area contributed by atoms with Crippen molar-refractivity contribution in [1.82, 2.24) is 0 Å². The fraction of sp³-hybridized carbons (Fsp3) is 0.250. The molecule has 0 aliphatic carbocycles. The van der Waals surface area contributed by atoms with E-state index in [0.29, 0.717) is 17.1 Å². The van der Waals surface area contributed by atoms with Gasteiger partial charge in [-0.2, -0.15) is 7.05 Å². The van der Waals surface area contributed by atoms with Gasteiger partial charge in [-0.05, 0) is 17.7 Å². The van der Waals surface area contributed by atoms with Crippen molar-refractivity contribution >= 4 is 11.6 Å². The highest BCUT2D eigenvalue weighted by atomic mass is 35.5. The summed E-state index contributed by atoms with van der Waals surface area (Å²) in [5, 5.41) is 4.24. The van der Waals surface area contributed by atoms with Crippen molar-refractivity contribution in [1.29, 1.82) is 0 Å². The number of halogens is 2. The average Bonchev–Trinajstić information content (AvgIpc) is 1.97. The highest BCUT2D eigenvalue weighted by Gasteiger charge is 2.00. The zero-order valence-corrected chi connectivity index (χ0v) is 6.90. The Balaban J connectivity index is 3.00. The summed E-state index contributed by atoms with van der Waals surface area (Å²) >= 11 is 5.71. The Hall–Kier alpha value is -0.600. The zero-order valence-electron chi connectivity index (χ0n) is 6.14. The third kappa shape index (κ3) is 1.91. The summed E-state index contributed by atoms with van der Waals surface area (Å²) in [6.07, 6.45) is 0. The molecule has 0 aliphatic rings. The van der Waals surface area contributed by atoms with E-state index in [1.54, 1.807) is 19.2 Å². The molecule has 3 heteroatoms. The Morgan fingerprint density at radius 1 is 1.55 bits per heavy atom. The molecular formula is C8H8ClFN-. The van der Waals surface area contributed by atoms with Crippen molar-refractivity contribution in [3.8, 4) is 0 Å². The molecule has 1 rings (SSSR count). The van der Waals surface area contributed by atoms with Crippen molar-refractivity contribution in [2.75, 3.05) is 7.05 Å². The maximum absolute atomic E-state index is 12.9. The van der Waals surface area contributed by atoms with Crippen LogP contribution in [0.25, 0.3) is 5.32 Å². The molecule has 11 heavy (non-hydrogen) atoms. The number of hydrogen-bond donors (Lipinski definition) is 0. The van der Waals surface area contributed by atoms with Gasteiger partial charge in [-0.25, -0.2) is 4.39 Å². The van der Waals surface area contributed by atoms with Crippen LogP contribution in [0.1, 0.15) is 5.56 Å². The van der Waals surface area contributed by atoms with Gasteiger partial charge in [0.2, 0.25) is 0 Å². The van der Waals surface area contributed by atoms with Crippen molar-refractivity contribution < 1.29 is 4.39 Å². The van der Waals surface area contributed by atoms with Crippen molar-refractivity contribution in [2.24, 2.45) is 0 Å². The molecule has 0 aromatic heterocycles. The molecule has 0 spiro atoms. The highest BCUT2D eigenvalue weighted by molar-refractivity contribution is 6.31. The van der Waals surface area contributed by atoms with Gasteiger partial charge < -0.3 is 5.32 Å². The molecule has 1 aromatic carbocycles. The maximum atomic E-state index is 12.9. The molecule has 0 radical (unpaired) electrons. The molecule has 0 fully saturated rings. The minimum Gasteiger partial charge on any atom is -0.661 e. The maximum Gasteiger partial charge on any atom is 0.126 e. The standard InChI is InChI=1S/C8H8ClFN/c1-11-5-6-7(9)3-2-4-8(6)10/h2-4H,5H2,1H3/q-1. The van der Waals surface area contributed by atoms with Crippen LogP contribution in [0.15, 0.2) is 18.2 Å². The Morgan fingerprint density at radius 2 is 2.27 bits per heavy atom. The number of hydrogen-bond acceptors (Lipinski definition) is 0. The largest absolute Gasteiger partial charge is 0.661 e. The Labute approximate surface area is 70.2 Å². The van der Waals surface area contributed by atoms with Crippen LogP contribution in [0.5, 0.6) is 0 Å². The first kappa shape index (κ1) is 8.50. The van der Waals surface area contributed by atoms with Crippen LogP contribution >= 0.6 is 11.6 Å². The van der Waals surface area contributed by atoms with E-state index in [9.17, 15) is 4.39 Å². The predicted octanol–water partition coefficient (Wildman–Crippen LogP) is 2.98. The van der Waals surface area contributed by atoms with Gasteiger partial charge >= 0.3 is 0 Å². The third-order valence-corrected chi connectivity index (χ3v) is 1.73. The van der Waals surface area contributed by atoms with Gasteiger partial charge in [-0.1, -0.05) is 17.7 Å². The first-order chi connectivity index (χ1) is 5.25. The SMILES string of the molecule is C[N-]Cc1c(F)cccc1Cl. The molecule has 60 valence electrons. The summed E-state index contributed by atoms with van der Waals surface area (Å²) in [5.41, 5.74) is 0.469.